The van der Waals surface area contributed by atoms with Crippen LogP contribution in [0.15, 0.2) is 58.9 Å². The van der Waals surface area contributed by atoms with Gasteiger partial charge in [-0.15, -0.1) is 11.3 Å². The van der Waals surface area contributed by atoms with Crippen molar-refractivity contribution in [2.75, 3.05) is 6.54 Å². The molecule has 0 bridgehead atoms. The summed E-state index contributed by atoms with van der Waals surface area (Å²) in [6.07, 6.45) is 3.86. The number of amides is 1. The number of thiophene rings is 1. The quantitative estimate of drug-likeness (QED) is 0.467. The Bertz CT molecular complexity index is 990. The van der Waals surface area contributed by atoms with Crippen molar-refractivity contribution in [2.24, 2.45) is 0 Å². The first kappa shape index (κ1) is 17.2. The molecule has 0 unspecified atom stereocenters. The Morgan fingerprint density at radius 2 is 2.00 bits per heavy atom. The summed E-state index contributed by atoms with van der Waals surface area (Å²) in [4.78, 5) is 15.9. The molecule has 4 rings (SSSR count). The van der Waals surface area contributed by atoms with E-state index < -0.39 is 0 Å². The van der Waals surface area contributed by atoms with Crippen molar-refractivity contribution >= 4 is 51.6 Å². The molecule has 3 heterocycles. The highest BCUT2D eigenvalue weighted by molar-refractivity contribution is 8.26. The number of hydrogen-bond donors (Lipinski definition) is 0. The Hall–Kier alpha value is -2.22. The predicted octanol–water partition coefficient (Wildman–Crippen LogP) is 4.82. The van der Waals surface area contributed by atoms with E-state index in [0.717, 1.165) is 21.8 Å². The summed E-state index contributed by atoms with van der Waals surface area (Å²) in [5.74, 6) is -0.0351. The monoisotopic (exact) mass is 397 g/mol. The van der Waals surface area contributed by atoms with Crippen molar-refractivity contribution < 1.29 is 4.79 Å². The lowest BCUT2D eigenvalue weighted by molar-refractivity contribution is -0.121. The van der Waals surface area contributed by atoms with E-state index in [1.807, 2.05) is 71.7 Å². The maximum absolute atomic E-state index is 12.6. The van der Waals surface area contributed by atoms with Gasteiger partial charge in [0.25, 0.3) is 5.91 Å². The van der Waals surface area contributed by atoms with Gasteiger partial charge < -0.3 is 0 Å². The number of carbonyl (C=O) groups excluding carboxylic acids is 1. The zero-order valence-corrected chi connectivity index (χ0v) is 16.4. The lowest BCUT2D eigenvalue weighted by Gasteiger charge is -2.09. The highest BCUT2D eigenvalue weighted by Crippen LogP contribution is 2.35. The molecule has 1 saturated heterocycles. The van der Waals surface area contributed by atoms with E-state index in [2.05, 4.69) is 0 Å². The van der Waals surface area contributed by atoms with Crippen LogP contribution in [0.4, 0.5) is 0 Å². The number of para-hydroxylation sites is 1. The Morgan fingerprint density at radius 3 is 2.65 bits per heavy atom. The van der Waals surface area contributed by atoms with E-state index in [0.29, 0.717) is 15.8 Å². The normalized spacial score (nSPS) is 16.0. The van der Waals surface area contributed by atoms with Gasteiger partial charge in [0.2, 0.25) is 0 Å². The van der Waals surface area contributed by atoms with Gasteiger partial charge in [-0.1, -0.05) is 48.2 Å². The summed E-state index contributed by atoms with van der Waals surface area (Å²) in [6.45, 7) is 2.52. The molecule has 0 saturated carbocycles. The smallest absolute Gasteiger partial charge is 0.266 e. The predicted molar refractivity (Wildman–Crippen MR) is 112 cm³/mol. The van der Waals surface area contributed by atoms with Crippen molar-refractivity contribution in [3.63, 3.8) is 0 Å². The molecular formula is C19H15N3OS3. The average molecular weight is 398 g/mol. The fourth-order valence-electron chi connectivity index (χ4n) is 2.72. The van der Waals surface area contributed by atoms with Crippen LogP contribution in [-0.2, 0) is 4.79 Å². The van der Waals surface area contributed by atoms with Gasteiger partial charge in [-0.2, -0.15) is 5.10 Å². The summed E-state index contributed by atoms with van der Waals surface area (Å²) < 4.78 is 2.46. The lowest BCUT2D eigenvalue weighted by atomic mass is 10.2. The van der Waals surface area contributed by atoms with Gasteiger partial charge in [-0.25, -0.2) is 4.68 Å². The molecule has 0 N–H and O–H groups in total. The fraction of sp³-hybridized carbons (Fsp3) is 0.105. The standard InChI is InChI=1S/C19H15N3OS3/c1-2-21-18(23)16(26-19(21)24)11-13-12-22(14-7-4-3-5-8-14)20-17(13)15-9-6-10-25-15/h3-12H,2H2,1H3/b16-11+. The van der Waals surface area contributed by atoms with Crippen molar-refractivity contribution in [3.05, 3.63) is 64.5 Å². The van der Waals surface area contributed by atoms with Gasteiger partial charge in [-0.05, 0) is 36.6 Å². The Labute approximate surface area is 165 Å². The van der Waals surface area contributed by atoms with Crippen LogP contribution in [0.5, 0.6) is 0 Å². The summed E-state index contributed by atoms with van der Waals surface area (Å²) in [6, 6.07) is 14.0. The molecule has 4 nitrogen and oxygen atoms in total. The van der Waals surface area contributed by atoms with E-state index in [1.165, 1.54) is 11.8 Å². The van der Waals surface area contributed by atoms with Crippen LogP contribution in [0, 0.1) is 0 Å². The fourth-order valence-corrected chi connectivity index (χ4v) is 4.83. The third-order valence-electron chi connectivity index (χ3n) is 3.99. The van der Waals surface area contributed by atoms with Gasteiger partial charge in [0.1, 0.15) is 10.0 Å². The molecule has 1 aliphatic heterocycles. The Morgan fingerprint density at radius 1 is 1.19 bits per heavy atom. The highest BCUT2D eigenvalue weighted by atomic mass is 32.2. The van der Waals surface area contributed by atoms with Gasteiger partial charge in [0.15, 0.2) is 0 Å². The van der Waals surface area contributed by atoms with Crippen LogP contribution >= 0.6 is 35.3 Å². The minimum atomic E-state index is -0.0351. The van der Waals surface area contributed by atoms with Crippen molar-refractivity contribution in [1.29, 1.82) is 0 Å². The summed E-state index contributed by atoms with van der Waals surface area (Å²) in [5, 5.41) is 6.79. The highest BCUT2D eigenvalue weighted by Gasteiger charge is 2.31. The van der Waals surface area contributed by atoms with Crippen molar-refractivity contribution in [2.45, 2.75) is 6.92 Å². The van der Waals surface area contributed by atoms with Crippen LogP contribution < -0.4 is 0 Å². The van der Waals surface area contributed by atoms with Gasteiger partial charge >= 0.3 is 0 Å². The molecule has 0 spiro atoms. The first-order chi connectivity index (χ1) is 12.7. The maximum atomic E-state index is 12.6. The third kappa shape index (κ3) is 3.13. The third-order valence-corrected chi connectivity index (χ3v) is 6.25. The number of hydrogen-bond acceptors (Lipinski definition) is 5. The number of rotatable bonds is 4. The number of thioether (sulfide) groups is 1. The molecule has 130 valence electrons. The number of nitrogens with zero attached hydrogens (tertiary/aromatic N) is 3. The van der Waals surface area contributed by atoms with Crippen LogP contribution in [0.25, 0.3) is 22.3 Å². The van der Waals surface area contributed by atoms with Crippen LogP contribution in [0.2, 0.25) is 0 Å². The number of likely N-dealkylation sites (N-methyl/N-ethyl adjacent to an activating group) is 1. The first-order valence-electron chi connectivity index (χ1n) is 8.11. The van der Waals surface area contributed by atoms with Gasteiger partial charge in [0, 0.05) is 18.3 Å². The molecule has 7 heteroatoms. The zero-order chi connectivity index (χ0) is 18.1. The summed E-state index contributed by atoms with van der Waals surface area (Å²) in [7, 11) is 0. The zero-order valence-electron chi connectivity index (χ0n) is 14.0. The second-order valence-corrected chi connectivity index (χ2v) is 8.24. The maximum Gasteiger partial charge on any atom is 0.266 e. The summed E-state index contributed by atoms with van der Waals surface area (Å²) in [5.41, 5.74) is 2.75. The van der Waals surface area contributed by atoms with E-state index in [9.17, 15) is 4.79 Å². The molecule has 1 amide bonds. The van der Waals surface area contributed by atoms with Crippen molar-refractivity contribution in [3.8, 4) is 16.3 Å². The molecule has 26 heavy (non-hydrogen) atoms. The lowest BCUT2D eigenvalue weighted by Crippen LogP contribution is -2.27. The Kier molecular flexibility index (Phi) is 4.76. The molecule has 2 aromatic heterocycles. The number of benzene rings is 1. The van der Waals surface area contributed by atoms with E-state index in [1.54, 1.807) is 16.2 Å². The first-order valence-corrected chi connectivity index (χ1v) is 10.2. The molecule has 0 atom stereocenters. The topological polar surface area (TPSA) is 38.1 Å². The SMILES string of the molecule is CCN1C(=O)/C(=C\c2cn(-c3ccccc3)nc2-c2cccs2)SC1=S. The molecule has 0 aliphatic carbocycles. The van der Waals surface area contributed by atoms with Crippen LogP contribution in [0.3, 0.4) is 0 Å². The number of aromatic nitrogens is 2. The second-order valence-electron chi connectivity index (χ2n) is 5.62. The van der Waals surface area contributed by atoms with Crippen LogP contribution in [-0.4, -0.2) is 31.5 Å². The molecule has 1 fully saturated rings. The van der Waals surface area contributed by atoms with E-state index >= 15 is 0 Å². The molecular weight excluding hydrogens is 382 g/mol. The second kappa shape index (κ2) is 7.19. The molecule has 1 aromatic carbocycles. The summed E-state index contributed by atoms with van der Waals surface area (Å²) >= 11 is 8.29. The minimum absolute atomic E-state index is 0.0351. The van der Waals surface area contributed by atoms with Crippen molar-refractivity contribution in [1.82, 2.24) is 14.7 Å². The number of carbonyl (C=O) groups is 1. The average Bonchev–Trinajstić information content (AvgIpc) is 3.36. The van der Waals surface area contributed by atoms with Gasteiger partial charge in [-0.3, -0.25) is 9.69 Å². The minimum Gasteiger partial charge on any atom is -0.293 e. The van der Waals surface area contributed by atoms with Gasteiger partial charge in [0.05, 0.1) is 15.5 Å². The van der Waals surface area contributed by atoms with Crippen LogP contribution in [0.1, 0.15) is 12.5 Å². The van der Waals surface area contributed by atoms with E-state index in [-0.39, 0.29) is 5.91 Å². The Balaban J connectivity index is 1.80. The largest absolute Gasteiger partial charge is 0.293 e. The number of thiocarbonyl (C=S) groups is 1. The molecule has 0 radical (unpaired) electrons. The van der Waals surface area contributed by atoms with E-state index in [4.69, 9.17) is 17.3 Å². The molecule has 3 aromatic rings. The molecule has 1 aliphatic rings.